The van der Waals surface area contributed by atoms with Crippen molar-refractivity contribution < 1.29 is 0 Å². The number of benzene rings is 8. The summed E-state index contributed by atoms with van der Waals surface area (Å²) in [5, 5.41) is 3.24. The third-order valence-corrected chi connectivity index (χ3v) is 20.3. The van der Waals surface area contributed by atoms with Gasteiger partial charge in [-0.15, -0.1) is 0 Å². The van der Waals surface area contributed by atoms with E-state index >= 15 is 0 Å². The lowest BCUT2D eigenvalue weighted by Crippen LogP contribution is -2.55. The first-order valence-electron chi connectivity index (χ1n) is 26.7. The van der Waals surface area contributed by atoms with Crippen LogP contribution >= 0.6 is 0 Å². The first kappa shape index (κ1) is 49.1. The second kappa shape index (κ2) is 23.8. The minimum absolute atomic E-state index is 1.12. The van der Waals surface area contributed by atoms with E-state index in [1.807, 2.05) is 12.2 Å². The Balaban J connectivity index is 1.19. The Morgan fingerprint density at radius 1 is 0.338 bits per heavy atom. The van der Waals surface area contributed by atoms with Gasteiger partial charge < -0.3 is 9.80 Å². The molecule has 8 aromatic carbocycles. The summed E-state index contributed by atoms with van der Waals surface area (Å²) >= 11 is 0. The minimum atomic E-state index is -2.38. The van der Waals surface area contributed by atoms with E-state index in [0.717, 1.165) is 33.9 Å². The van der Waals surface area contributed by atoms with E-state index in [1.54, 1.807) is 10.4 Å². The average Bonchev–Trinajstić information content (AvgIpc) is 3.69. The number of nitrogens with zero attached hydrogens (tertiary/aromatic N) is 2. The summed E-state index contributed by atoms with van der Waals surface area (Å²) in [4.78, 5) is 4.97. The van der Waals surface area contributed by atoms with Crippen LogP contribution in [0.25, 0.3) is 45.5 Å². The molecule has 0 N–H and O–H groups in total. The Labute approximate surface area is 427 Å². The molecule has 0 unspecified atom stereocenters. The Hall–Kier alpha value is -6.94. The molecule has 0 atom stereocenters. The van der Waals surface area contributed by atoms with Gasteiger partial charge in [0.1, 0.15) is 8.07 Å². The Morgan fingerprint density at radius 3 is 1.00 bits per heavy atom. The van der Waals surface area contributed by atoms with Crippen molar-refractivity contribution >= 4 is 64.7 Å². The van der Waals surface area contributed by atoms with Gasteiger partial charge in [0.05, 0.1) is 0 Å². The van der Waals surface area contributed by atoms with Gasteiger partial charge in [-0.2, -0.15) is 0 Å². The van der Waals surface area contributed by atoms with Gasteiger partial charge in [-0.25, -0.2) is 0 Å². The molecule has 0 aromatic heterocycles. The molecule has 0 bridgehead atoms. The maximum atomic E-state index is 4.08. The zero-order valence-corrected chi connectivity index (χ0v) is 43.3. The van der Waals surface area contributed by atoms with Gasteiger partial charge in [0.25, 0.3) is 0 Å². The fourth-order valence-corrected chi connectivity index (χ4v) is 16.7. The Morgan fingerprint density at radius 2 is 0.648 bits per heavy atom. The van der Waals surface area contributed by atoms with Crippen molar-refractivity contribution in [2.75, 3.05) is 9.80 Å². The number of hydrogen-bond donors (Lipinski definition) is 0. The Kier molecular flexibility index (Phi) is 16.4. The molecular weight excluding hydrogens is 873 g/mol. The fraction of sp³-hybridized carbons (Fsp3) is 0.235. The fourth-order valence-electron chi connectivity index (χ4n) is 11.1. The van der Waals surface area contributed by atoms with E-state index in [1.165, 1.54) is 134 Å². The van der Waals surface area contributed by atoms with Crippen molar-refractivity contribution in [2.45, 2.75) is 103 Å². The van der Waals surface area contributed by atoms with Crippen LogP contribution in [0, 0.1) is 0 Å². The largest absolute Gasteiger partial charge is 0.311 e. The molecule has 1 heterocycles. The quantitative estimate of drug-likeness (QED) is 0.0440. The maximum absolute atomic E-state index is 4.08. The summed E-state index contributed by atoms with van der Waals surface area (Å²) in [7, 11) is -2.38. The molecule has 0 saturated heterocycles. The van der Waals surface area contributed by atoms with E-state index < -0.39 is 8.07 Å². The highest BCUT2D eigenvalue weighted by Gasteiger charge is 2.45. The molecule has 3 heteroatoms. The molecule has 71 heavy (non-hydrogen) atoms. The predicted octanol–water partition coefficient (Wildman–Crippen LogP) is 19.5. The normalized spacial score (nSPS) is 12.3. The molecule has 0 saturated carbocycles. The van der Waals surface area contributed by atoms with Crippen molar-refractivity contribution in [3.63, 3.8) is 0 Å². The van der Waals surface area contributed by atoms with Crippen molar-refractivity contribution in [3.8, 4) is 33.4 Å². The molecule has 358 valence electrons. The van der Waals surface area contributed by atoms with Crippen molar-refractivity contribution in [1.29, 1.82) is 0 Å². The van der Waals surface area contributed by atoms with Gasteiger partial charge in [-0.3, -0.25) is 0 Å². The molecule has 0 fully saturated rings. The van der Waals surface area contributed by atoms with Crippen LogP contribution < -0.4 is 20.2 Å². The summed E-state index contributed by atoms with van der Waals surface area (Å²) in [5.41, 5.74) is 17.1. The van der Waals surface area contributed by atoms with Crippen molar-refractivity contribution in [3.05, 3.63) is 218 Å². The van der Waals surface area contributed by atoms with E-state index in [4.69, 9.17) is 0 Å². The van der Waals surface area contributed by atoms with Gasteiger partial charge in [0.15, 0.2) is 0 Å². The van der Waals surface area contributed by atoms with Crippen LogP contribution in [0.3, 0.4) is 0 Å². The lowest BCUT2D eigenvalue weighted by atomic mass is 10.0. The summed E-state index contributed by atoms with van der Waals surface area (Å²) < 4.78 is 0. The number of hydrogen-bond acceptors (Lipinski definition) is 2. The van der Waals surface area contributed by atoms with E-state index in [0.29, 0.717) is 0 Å². The van der Waals surface area contributed by atoms with Gasteiger partial charge >= 0.3 is 0 Å². The highest BCUT2D eigenvalue weighted by Crippen LogP contribution is 2.44. The SMILES string of the molecule is C=Cc1ccc(N(c2ccc(-c3ccccc3)cc2)c2ccc3c(c2)[Si](CCCCCCCC)(CCCCCCCC)c2cc(N(c4ccc(C=C)cc4)c4ccc(-c5ccccc5)cc4)ccc2-3)cc1. The zero-order valence-electron chi connectivity index (χ0n) is 42.3. The molecule has 8 aromatic rings. The first-order valence-corrected chi connectivity index (χ1v) is 29.1. The van der Waals surface area contributed by atoms with Crippen LogP contribution in [0.2, 0.25) is 12.1 Å². The topological polar surface area (TPSA) is 6.48 Å². The molecular formula is C68H72N2Si. The molecule has 0 spiro atoms. The number of rotatable bonds is 24. The van der Waals surface area contributed by atoms with Crippen LogP contribution in [0.4, 0.5) is 34.1 Å². The molecule has 0 aliphatic carbocycles. The van der Waals surface area contributed by atoms with Crippen LogP contribution in [0.1, 0.15) is 102 Å². The molecule has 0 radical (unpaired) electrons. The Bertz CT molecular complexity index is 2750. The van der Waals surface area contributed by atoms with Crippen molar-refractivity contribution in [2.24, 2.45) is 0 Å². The number of unbranched alkanes of at least 4 members (excludes halogenated alkanes) is 10. The lowest BCUT2D eigenvalue weighted by Gasteiger charge is -2.33. The first-order chi connectivity index (χ1) is 35.0. The monoisotopic (exact) mass is 945 g/mol. The van der Waals surface area contributed by atoms with Gasteiger partial charge in [0.2, 0.25) is 0 Å². The van der Waals surface area contributed by atoms with E-state index in [-0.39, 0.29) is 0 Å². The molecule has 9 rings (SSSR count). The average molecular weight is 945 g/mol. The predicted molar refractivity (Wildman–Crippen MR) is 314 cm³/mol. The van der Waals surface area contributed by atoms with Crippen molar-refractivity contribution in [1.82, 2.24) is 0 Å². The summed E-state index contributed by atoms with van der Waals surface area (Å²) in [5.74, 6) is 0. The van der Waals surface area contributed by atoms with Crippen LogP contribution in [-0.2, 0) is 0 Å². The molecule has 2 nitrogen and oxygen atoms in total. The number of fused-ring (bicyclic) bond motifs is 3. The van der Waals surface area contributed by atoms with Gasteiger partial charge in [-0.05, 0) is 140 Å². The summed E-state index contributed by atoms with van der Waals surface area (Å²) in [6, 6.07) is 75.2. The standard InChI is InChI=1S/C68H72N2Si/c1-5-9-11-13-15-23-49-71(50-24-16-14-12-10-6-2)67-51-63(69(59-37-29-53(7-3)30-38-59)61-41-33-57(34-42-61)55-25-19-17-20-26-55)45-47-65(67)66-48-46-64(52-68(66)71)70(60-39-31-54(8-4)32-40-60)62-43-35-58(36-44-62)56-27-21-18-22-28-56/h7-8,17-22,25-48,51-52H,3-6,9-16,23-24,49-50H2,1-2H3. The molecule has 1 aliphatic heterocycles. The molecule has 0 amide bonds. The van der Waals surface area contributed by atoms with Crippen LogP contribution in [0.5, 0.6) is 0 Å². The van der Waals surface area contributed by atoms with Crippen LogP contribution in [-0.4, -0.2) is 8.07 Å². The highest BCUT2D eigenvalue weighted by atomic mass is 28.3. The third-order valence-electron chi connectivity index (χ3n) is 15.0. The van der Waals surface area contributed by atoms with Crippen LogP contribution in [0.15, 0.2) is 207 Å². The molecule has 1 aliphatic rings. The smallest absolute Gasteiger partial charge is 0.119 e. The summed E-state index contributed by atoms with van der Waals surface area (Å²) in [6.07, 6.45) is 19.5. The van der Waals surface area contributed by atoms with Gasteiger partial charge in [-0.1, -0.05) is 238 Å². The lowest BCUT2D eigenvalue weighted by molar-refractivity contribution is 0.616. The second-order valence-corrected chi connectivity index (χ2v) is 23.9. The maximum Gasteiger partial charge on any atom is 0.119 e. The third kappa shape index (κ3) is 11.2. The van der Waals surface area contributed by atoms with E-state index in [2.05, 4.69) is 231 Å². The zero-order chi connectivity index (χ0) is 48.8. The van der Waals surface area contributed by atoms with Gasteiger partial charge in [0, 0.05) is 34.1 Å². The second-order valence-electron chi connectivity index (χ2n) is 19.7. The highest BCUT2D eigenvalue weighted by molar-refractivity contribution is 7.05. The van der Waals surface area contributed by atoms with E-state index in [9.17, 15) is 0 Å². The summed E-state index contributed by atoms with van der Waals surface area (Å²) in [6.45, 7) is 12.8. The number of anilines is 6. The minimum Gasteiger partial charge on any atom is -0.311 e.